The van der Waals surface area contributed by atoms with E-state index in [-0.39, 0.29) is 17.7 Å². The molecule has 2 amide bonds. The predicted octanol–water partition coefficient (Wildman–Crippen LogP) is 0.159. The molecular formula is C13H23N3O2. The summed E-state index contributed by atoms with van der Waals surface area (Å²) in [6.45, 7) is 0.497. The lowest BCUT2D eigenvalue weighted by atomic mass is 9.90. The third-order valence-electron chi connectivity index (χ3n) is 4.12. The van der Waals surface area contributed by atoms with Crippen LogP contribution in [0.4, 0.5) is 0 Å². The van der Waals surface area contributed by atoms with Crippen LogP contribution in [0.3, 0.4) is 0 Å². The number of rotatable bonds is 3. The minimum absolute atomic E-state index is 0.0373. The van der Waals surface area contributed by atoms with Crippen molar-refractivity contribution in [3.8, 4) is 0 Å². The molecule has 2 aliphatic rings. The zero-order valence-electron chi connectivity index (χ0n) is 11.0. The normalized spacial score (nSPS) is 32.7. The molecule has 0 radical (unpaired) electrons. The van der Waals surface area contributed by atoms with Gasteiger partial charge in [-0.3, -0.25) is 9.59 Å². The Kier molecular flexibility index (Phi) is 4.58. The van der Waals surface area contributed by atoms with Gasteiger partial charge in [-0.1, -0.05) is 0 Å². The SMILES string of the molecule is CNC1CCC(NC(=O)C2CCC(=O)NC2)CC1. The van der Waals surface area contributed by atoms with Crippen LogP contribution in [0.1, 0.15) is 38.5 Å². The molecule has 1 unspecified atom stereocenters. The van der Waals surface area contributed by atoms with Gasteiger partial charge in [0.1, 0.15) is 0 Å². The molecule has 1 saturated carbocycles. The maximum atomic E-state index is 12.0. The number of hydrogen-bond donors (Lipinski definition) is 3. The van der Waals surface area contributed by atoms with Gasteiger partial charge in [-0.25, -0.2) is 0 Å². The monoisotopic (exact) mass is 253 g/mol. The van der Waals surface area contributed by atoms with Crippen LogP contribution in [0.5, 0.6) is 0 Å². The van der Waals surface area contributed by atoms with E-state index < -0.39 is 0 Å². The number of carbonyl (C=O) groups excluding carboxylic acids is 2. The molecule has 1 aliphatic carbocycles. The molecule has 0 aromatic rings. The van der Waals surface area contributed by atoms with Crippen LogP contribution in [-0.4, -0.2) is 37.5 Å². The summed E-state index contributed by atoms with van der Waals surface area (Å²) in [4.78, 5) is 23.1. The van der Waals surface area contributed by atoms with E-state index in [4.69, 9.17) is 0 Å². The Bertz CT molecular complexity index is 301. The molecular weight excluding hydrogens is 230 g/mol. The van der Waals surface area contributed by atoms with Crippen molar-refractivity contribution >= 4 is 11.8 Å². The summed E-state index contributed by atoms with van der Waals surface area (Å²) < 4.78 is 0. The molecule has 0 spiro atoms. The molecule has 1 saturated heterocycles. The Labute approximate surface area is 108 Å². The molecule has 2 rings (SSSR count). The fraction of sp³-hybridized carbons (Fsp3) is 0.846. The summed E-state index contributed by atoms with van der Waals surface area (Å²) in [5.74, 6) is 0.140. The van der Waals surface area contributed by atoms with Gasteiger partial charge in [-0.2, -0.15) is 0 Å². The fourth-order valence-electron chi connectivity index (χ4n) is 2.80. The molecule has 1 heterocycles. The van der Waals surface area contributed by atoms with E-state index in [1.807, 2.05) is 7.05 Å². The highest BCUT2D eigenvalue weighted by molar-refractivity contribution is 5.83. The summed E-state index contributed by atoms with van der Waals surface area (Å²) in [5.41, 5.74) is 0. The Balaban J connectivity index is 1.73. The molecule has 0 aromatic carbocycles. The predicted molar refractivity (Wildman–Crippen MR) is 69.0 cm³/mol. The van der Waals surface area contributed by atoms with E-state index in [0.29, 0.717) is 31.5 Å². The Hall–Kier alpha value is -1.10. The summed E-state index contributed by atoms with van der Waals surface area (Å²) in [6.07, 6.45) is 5.52. The van der Waals surface area contributed by atoms with Gasteiger partial charge in [0.25, 0.3) is 0 Å². The van der Waals surface area contributed by atoms with E-state index in [1.165, 1.54) is 0 Å². The third kappa shape index (κ3) is 3.45. The Morgan fingerprint density at radius 1 is 1.17 bits per heavy atom. The number of piperidine rings is 1. The first-order valence-corrected chi connectivity index (χ1v) is 6.93. The summed E-state index contributed by atoms with van der Waals surface area (Å²) >= 11 is 0. The third-order valence-corrected chi connectivity index (χ3v) is 4.12. The quantitative estimate of drug-likeness (QED) is 0.671. The summed E-state index contributed by atoms with van der Waals surface area (Å²) in [7, 11) is 1.99. The van der Waals surface area contributed by atoms with Gasteiger partial charge in [0.15, 0.2) is 0 Å². The van der Waals surface area contributed by atoms with Crippen molar-refractivity contribution in [1.29, 1.82) is 0 Å². The first-order valence-electron chi connectivity index (χ1n) is 6.93. The van der Waals surface area contributed by atoms with E-state index in [0.717, 1.165) is 25.7 Å². The smallest absolute Gasteiger partial charge is 0.225 e. The van der Waals surface area contributed by atoms with Crippen LogP contribution < -0.4 is 16.0 Å². The van der Waals surface area contributed by atoms with E-state index in [2.05, 4.69) is 16.0 Å². The number of hydrogen-bond acceptors (Lipinski definition) is 3. The molecule has 5 heteroatoms. The zero-order valence-corrected chi connectivity index (χ0v) is 11.0. The van der Waals surface area contributed by atoms with Gasteiger partial charge >= 0.3 is 0 Å². The lowest BCUT2D eigenvalue weighted by Crippen LogP contribution is -2.47. The van der Waals surface area contributed by atoms with Crippen LogP contribution in [0, 0.1) is 5.92 Å². The highest BCUT2D eigenvalue weighted by Crippen LogP contribution is 2.19. The van der Waals surface area contributed by atoms with Gasteiger partial charge in [0.2, 0.25) is 11.8 Å². The average molecular weight is 253 g/mol. The minimum Gasteiger partial charge on any atom is -0.355 e. The molecule has 3 N–H and O–H groups in total. The van der Waals surface area contributed by atoms with Crippen LogP contribution in [0.2, 0.25) is 0 Å². The van der Waals surface area contributed by atoms with Crippen molar-refractivity contribution < 1.29 is 9.59 Å². The fourth-order valence-corrected chi connectivity index (χ4v) is 2.80. The number of amides is 2. The lowest BCUT2D eigenvalue weighted by molar-refractivity contribution is -0.129. The number of carbonyl (C=O) groups is 2. The molecule has 0 bridgehead atoms. The highest BCUT2D eigenvalue weighted by Gasteiger charge is 2.27. The van der Waals surface area contributed by atoms with Crippen LogP contribution in [0.15, 0.2) is 0 Å². The topological polar surface area (TPSA) is 70.2 Å². The van der Waals surface area contributed by atoms with Crippen molar-refractivity contribution in [3.05, 3.63) is 0 Å². The van der Waals surface area contributed by atoms with E-state index in [9.17, 15) is 9.59 Å². The van der Waals surface area contributed by atoms with Gasteiger partial charge in [-0.05, 0) is 39.2 Å². The van der Waals surface area contributed by atoms with Gasteiger partial charge in [-0.15, -0.1) is 0 Å². The second kappa shape index (κ2) is 6.18. The molecule has 18 heavy (non-hydrogen) atoms. The molecule has 1 atom stereocenters. The maximum Gasteiger partial charge on any atom is 0.225 e. The Morgan fingerprint density at radius 3 is 2.39 bits per heavy atom. The molecule has 1 aliphatic heterocycles. The first-order chi connectivity index (χ1) is 8.69. The maximum absolute atomic E-state index is 12.0. The van der Waals surface area contributed by atoms with E-state index in [1.54, 1.807) is 0 Å². The van der Waals surface area contributed by atoms with Crippen LogP contribution in [-0.2, 0) is 9.59 Å². The Morgan fingerprint density at radius 2 is 1.83 bits per heavy atom. The van der Waals surface area contributed by atoms with Gasteiger partial charge < -0.3 is 16.0 Å². The largest absolute Gasteiger partial charge is 0.355 e. The van der Waals surface area contributed by atoms with Crippen molar-refractivity contribution in [3.63, 3.8) is 0 Å². The lowest BCUT2D eigenvalue weighted by Gasteiger charge is -2.30. The second-order valence-electron chi connectivity index (χ2n) is 5.39. The molecule has 0 aromatic heterocycles. The highest BCUT2D eigenvalue weighted by atomic mass is 16.2. The van der Waals surface area contributed by atoms with Crippen molar-refractivity contribution in [1.82, 2.24) is 16.0 Å². The van der Waals surface area contributed by atoms with Crippen molar-refractivity contribution in [2.45, 2.75) is 50.6 Å². The van der Waals surface area contributed by atoms with Gasteiger partial charge in [0, 0.05) is 25.0 Å². The number of nitrogens with one attached hydrogen (secondary N) is 3. The molecule has 5 nitrogen and oxygen atoms in total. The first kappa shape index (κ1) is 13.3. The second-order valence-corrected chi connectivity index (χ2v) is 5.39. The molecule has 102 valence electrons. The zero-order chi connectivity index (χ0) is 13.0. The average Bonchev–Trinajstić information content (AvgIpc) is 2.40. The van der Waals surface area contributed by atoms with Crippen LogP contribution >= 0.6 is 0 Å². The summed E-state index contributed by atoms with van der Waals surface area (Å²) in [6, 6.07) is 0.923. The standard InChI is InChI=1S/C13H23N3O2/c1-14-10-3-5-11(6-4-10)16-13(18)9-2-7-12(17)15-8-9/h9-11,14H,2-8H2,1H3,(H,15,17)(H,16,18). The van der Waals surface area contributed by atoms with Crippen LogP contribution in [0.25, 0.3) is 0 Å². The van der Waals surface area contributed by atoms with Crippen molar-refractivity contribution in [2.75, 3.05) is 13.6 Å². The van der Waals surface area contributed by atoms with Crippen molar-refractivity contribution in [2.24, 2.45) is 5.92 Å². The van der Waals surface area contributed by atoms with Gasteiger partial charge in [0.05, 0.1) is 5.92 Å². The summed E-state index contributed by atoms with van der Waals surface area (Å²) in [5, 5.41) is 9.17. The molecule has 2 fully saturated rings. The minimum atomic E-state index is -0.0373. The van der Waals surface area contributed by atoms with E-state index >= 15 is 0 Å².